The van der Waals surface area contributed by atoms with Crippen LogP contribution in [0.2, 0.25) is 15.1 Å². The molecule has 90 heavy (non-hydrogen) atoms. The van der Waals surface area contributed by atoms with Gasteiger partial charge in [-0.25, -0.2) is 0 Å². The predicted octanol–water partition coefficient (Wildman–Crippen LogP) is 22.4. The predicted molar refractivity (Wildman–Crippen MR) is 390 cm³/mol. The van der Waals surface area contributed by atoms with Gasteiger partial charge in [0.15, 0.2) is 0 Å². The Kier molecular flexibility index (Phi) is 39.9. The summed E-state index contributed by atoms with van der Waals surface area (Å²) in [5.41, 5.74) is 7.44. The van der Waals surface area contributed by atoms with Crippen molar-refractivity contribution >= 4 is 42.1 Å². The molecule has 0 heterocycles. The molecule has 1 saturated carbocycles. The number of unbranched alkanes of at least 4 members (excludes halogenated alkanes) is 26. The van der Waals surface area contributed by atoms with E-state index in [2.05, 4.69) is 115 Å². The van der Waals surface area contributed by atoms with Crippen LogP contribution in [0.25, 0.3) is 0 Å². The summed E-state index contributed by atoms with van der Waals surface area (Å²) >= 11 is 19.5. The fourth-order valence-electron chi connectivity index (χ4n) is 13.5. The van der Waals surface area contributed by atoms with E-state index in [0.29, 0.717) is 40.8 Å². The number of hydrogen-bond acceptors (Lipinski definition) is 3. The molecule has 0 radical (unpaired) electrons. The highest BCUT2D eigenvalue weighted by Gasteiger charge is 2.46. The minimum Gasteiger partial charge on any atom is -0.871 e. The van der Waals surface area contributed by atoms with Crippen LogP contribution >= 0.6 is 34.8 Å². The summed E-state index contributed by atoms with van der Waals surface area (Å²) in [5, 5.41) is 25.5. The molecule has 5 nitrogen and oxygen atoms in total. The zero-order valence-electron chi connectivity index (χ0n) is 58.6. The molecule has 9 heteroatoms. The van der Waals surface area contributed by atoms with Gasteiger partial charge in [0.1, 0.15) is 0 Å². The first-order valence-electron chi connectivity index (χ1n) is 36.4. The zero-order valence-corrected chi connectivity index (χ0v) is 60.9. The zero-order chi connectivity index (χ0) is 65.4. The van der Waals surface area contributed by atoms with Gasteiger partial charge in [-0.15, -0.1) is 0 Å². The highest BCUT2D eigenvalue weighted by Crippen LogP contribution is 2.53. The van der Waals surface area contributed by atoms with Gasteiger partial charge < -0.3 is 23.7 Å². The van der Waals surface area contributed by atoms with Gasteiger partial charge in [0.05, 0.1) is 67.3 Å². The fourth-order valence-corrected chi connectivity index (χ4v) is 14.1. The van der Waals surface area contributed by atoms with Gasteiger partial charge in [-0.05, 0) is 148 Å². The lowest BCUT2D eigenvalue weighted by Gasteiger charge is -2.51. The summed E-state index contributed by atoms with van der Waals surface area (Å²) in [4.78, 5) is 0. The third-order valence-electron chi connectivity index (χ3n) is 19.8. The molecule has 0 N–H and O–H groups in total. The summed E-state index contributed by atoms with van der Waals surface area (Å²) in [5.74, 6) is 0. The smallest absolute Gasteiger partial charge is 0.0785 e. The van der Waals surface area contributed by atoms with Crippen molar-refractivity contribution < 1.29 is 23.7 Å². The molecule has 502 valence electrons. The molecule has 0 spiro atoms. The van der Waals surface area contributed by atoms with Gasteiger partial charge in [-0.1, -0.05) is 300 Å². The van der Waals surface area contributed by atoms with Crippen LogP contribution in [0.5, 0.6) is 0 Å². The van der Waals surface area contributed by atoms with Crippen LogP contribution in [0.3, 0.4) is 0 Å². The molecule has 0 bridgehead atoms. The Balaban J connectivity index is 0.000000291. The van der Waals surface area contributed by atoms with E-state index in [9.17, 15) is 10.0 Å². The molecule has 0 saturated heterocycles. The number of quaternary nitrogens is 2. The van der Waals surface area contributed by atoms with Crippen molar-refractivity contribution in [3.05, 3.63) is 175 Å². The van der Waals surface area contributed by atoms with Crippen molar-refractivity contribution in [2.24, 2.45) is 0 Å². The third kappa shape index (κ3) is 31.8. The van der Waals surface area contributed by atoms with Crippen LogP contribution in [0.4, 0.5) is 0 Å². The molecule has 0 unspecified atom stereocenters. The molecule has 1 aliphatic rings. The van der Waals surface area contributed by atoms with E-state index in [0.717, 1.165) is 33.4 Å². The SMILES string of the molecule is CCCCCCCCCCCCCCCC[N+](C)(C)CCCc1ccccc1.CCCCCCCCCCCCCCCC[N+](C)(C)CCCc1ccccc1.Cc1ccc(C2(OB([O-])[O-])CCC(c3ccc(C)c(Cl)c3)(c3ccc(C)c(Cl)c3)CC2)cc1Cl. The van der Waals surface area contributed by atoms with Crippen molar-refractivity contribution in [1.82, 2.24) is 0 Å². The summed E-state index contributed by atoms with van der Waals surface area (Å²) in [6, 6.07) is 39.8. The van der Waals surface area contributed by atoms with Crippen molar-refractivity contribution in [2.75, 3.05) is 54.4 Å². The van der Waals surface area contributed by atoms with E-state index in [1.807, 2.05) is 63.2 Å². The standard InChI is InChI=1S/C27H26BCl3O3.2C27H50N/c1-17-4-7-20(14-23(17)29)26(21-8-5-18(2)24(30)15-21)10-12-27(13-11-26,34-28(32)33)22-9-6-19(3)25(31)16-22;2*1-4-5-6-7-8-9-10-11-12-13-14-15-16-20-25-28(2,3)26-21-24-27-22-18-17-19-23-27/h4-9,14-16H,10-13H2,1-3H3;2*17-19,22-23H,4-16,20-21,24-26H2,1-3H3/q-2;2*+1. The van der Waals surface area contributed by atoms with Gasteiger partial charge >= 0.3 is 0 Å². The van der Waals surface area contributed by atoms with Gasteiger partial charge in [-0.3, -0.25) is 0 Å². The molecule has 6 rings (SSSR count). The summed E-state index contributed by atoms with van der Waals surface area (Å²) < 4.78 is 7.96. The Labute approximate surface area is 568 Å². The number of aryl methyl sites for hydroxylation is 5. The van der Waals surface area contributed by atoms with E-state index in [1.165, 1.54) is 252 Å². The highest BCUT2D eigenvalue weighted by molar-refractivity contribution is 6.32. The van der Waals surface area contributed by atoms with Crippen LogP contribution in [-0.4, -0.2) is 70.7 Å². The fraction of sp³-hybridized carbons (Fsp3) is 0.630. The molecule has 5 aromatic carbocycles. The number of hydrogen-bond donors (Lipinski definition) is 0. The topological polar surface area (TPSA) is 55.3 Å². The molecular weight excluding hydrogens is 1170 g/mol. The van der Waals surface area contributed by atoms with Gasteiger partial charge in [0.2, 0.25) is 0 Å². The molecule has 5 aromatic rings. The largest absolute Gasteiger partial charge is 0.871 e. The second-order valence-corrected chi connectivity index (χ2v) is 29.7. The van der Waals surface area contributed by atoms with Gasteiger partial charge in [0, 0.05) is 33.3 Å². The second kappa shape index (κ2) is 45.3. The third-order valence-corrected chi connectivity index (χ3v) is 21.0. The van der Waals surface area contributed by atoms with Crippen molar-refractivity contribution in [1.29, 1.82) is 0 Å². The van der Waals surface area contributed by atoms with E-state index >= 15 is 0 Å². The maximum absolute atomic E-state index is 11.7. The Hall–Kier alpha value is -3.17. The summed E-state index contributed by atoms with van der Waals surface area (Å²) in [6.07, 6.45) is 47.8. The first kappa shape index (κ1) is 79.3. The highest BCUT2D eigenvalue weighted by atomic mass is 35.5. The number of halogens is 3. The van der Waals surface area contributed by atoms with Crippen LogP contribution in [0.15, 0.2) is 115 Å². The summed E-state index contributed by atoms with van der Waals surface area (Å²) in [7, 11) is 7.25. The maximum Gasteiger partial charge on any atom is 0.0785 e. The molecule has 1 aliphatic carbocycles. The Bertz CT molecular complexity index is 2480. The number of rotatable bonds is 43. The van der Waals surface area contributed by atoms with Crippen LogP contribution in [-0.2, 0) is 28.5 Å². The lowest BCUT2D eigenvalue weighted by Crippen LogP contribution is -2.55. The molecule has 1 fully saturated rings. The van der Waals surface area contributed by atoms with Gasteiger partial charge in [-0.2, -0.15) is 0 Å². The first-order valence-corrected chi connectivity index (χ1v) is 37.5. The quantitative estimate of drug-likeness (QED) is 0.0222. The van der Waals surface area contributed by atoms with Crippen molar-refractivity contribution in [2.45, 2.75) is 277 Å². The van der Waals surface area contributed by atoms with Crippen LogP contribution in [0, 0.1) is 20.8 Å². The lowest BCUT2D eigenvalue weighted by molar-refractivity contribution is -0.890. The molecule has 0 atom stereocenters. The average Bonchev–Trinajstić information content (AvgIpc) is 0.747. The van der Waals surface area contributed by atoms with E-state index in [-0.39, 0.29) is 0 Å². The minimum atomic E-state index is -2.39. The molecule has 0 aliphatic heterocycles. The number of benzene rings is 5. The van der Waals surface area contributed by atoms with E-state index < -0.39 is 18.3 Å². The molecular formula is C81H126BCl3N2O3. The molecule has 0 aromatic heterocycles. The van der Waals surface area contributed by atoms with Crippen molar-refractivity contribution in [3.63, 3.8) is 0 Å². The van der Waals surface area contributed by atoms with E-state index in [4.69, 9.17) is 39.5 Å². The summed E-state index contributed by atoms with van der Waals surface area (Å²) in [6.45, 7) is 15.7. The van der Waals surface area contributed by atoms with Gasteiger partial charge in [0.25, 0.3) is 0 Å². The second-order valence-electron chi connectivity index (χ2n) is 28.5. The average molecular weight is 1290 g/mol. The normalized spacial score (nSPS) is 13.8. The van der Waals surface area contributed by atoms with E-state index in [1.54, 1.807) is 0 Å². The lowest BCUT2D eigenvalue weighted by atomic mass is 9.60. The monoisotopic (exact) mass is 1290 g/mol. The van der Waals surface area contributed by atoms with Crippen LogP contribution < -0.4 is 10.0 Å². The molecule has 0 amide bonds. The number of nitrogens with zero attached hydrogens (tertiary/aromatic N) is 2. The Morgan fingerprint density at radius 2 is 0.644 bits per heavy atom. The van der Waals surface area contributed by atoms with Crippen molar-refractivity contribution in [3.8, 4) is 0 Å². The Morgan fingerprint density at radius 3 is 0.944 bits per heavy atom. The maximum atomic E-state index is 11.7. The minimum absolute atomic E-state index is 0.392. The Morgan fingerprint density at radius 1 is 0.367 bits per heavy atom. The van der Waals surface area contributed by atoms with Crippen LogP contribution in [0.1, 0.15) is 277 Å². The first-order chi connectivity index (χ1) is 43.3.